The van der Waals surface area contributed by atoms with E-state index in [1.165, 1.54) is 0 Å². The molecule has 0 aliphatic carbocycles. The molecule has 112 valence electrons. The highest BCUT2D eigenvalue weighted by Gasteiger charge is 2.12. The third-order valence-electron chi connectivity index (χ3n) is 3.11. The number of hydrogen-bond acceptors (Lipinski definition) is 4. The molecule has 0 radical (unpaired) electrons. The standard InChI is InChI=1S/C18H16O4/c19-16(14-7-3-1-4-8-14)11-12-18(21)22-13-17(20)15-9-5-2-6-10-15/h1-10H,11-13H2. The van der Waals surface area contributed by atoms with Gasteiger partial charge in [-0.3, -0.25) is 14.4 Å². The molecule has 0 aliphatic rings. The monoisotopic (exact) mass is 296 g/mol. The average Bonchev–Trinajstić information content (AvgIpc) is 2.59. The molecule has 0 heterocycles. The number of ether oxygens (including phenoxy) is 1. The maximum atomic E-state index is 11.8. The van der Waals surface area contributed by atoms with Gasteiger partial charge in [-0.2, -0.15) is 0 Å². The lowest BCUT2D eigenvalue weighted by atomic mass is 10.1. The van der Waals surface area contributed by atoms with Crippen LogP contribution in [0.25, 0.3) is 0 Å². The second-order valence-electron chi connectivity index (χ2n) is 4.74. The zero-order chi connectivity index (χ0) is 15.8. The van der Waals surface area contributed by atoms with Crippen molar-refractivity contribution in [1.82, 2.24) is 0 Å². The van der Waals surface area contributed by atoms with E-state index in [9.17, 15) is 14.4 Å². The predicted molar refractivity (Wildman–Crippen MR) is 81.7 cm³/mol. The lowest BCUT2D eigenvalue weighted by Gasteiger charge is -2.04. The van der Waals surface area contributed by atoms with Gasteiger partial charge >= 0.3 is 5.97 Å². The molecular formula is C18H16O4. The number of esters is 1. The molecule has 0 N–H and O–H groups in total. The highest BCUT2D eigenvalue weighted by Crippen LogP contribution is 2.06. The van der Waals surface area contributed by atoms with Crippen LogP contribution in [-0.2, 0) is 9.53 Å². The van der Waals surface area contributed by atoms with Crippen molar-refractivity contribution in [2.45, 2.75) is 12.8 Å². The van der Waals surface area contributed by atoms with Crippen molar-refractivity contribution in [3.05, 3.63) is 71.8 Å². The van der Waals surface area contributed by atoms with E-state index in [0.29, 0.717) is 11.1 Å². The van der Waals surface area contributed by atoms with Crippen LogP contribution in [0.1, 0.15) is 33.6 Å². The highest BCUT2D eigenvalue weighted by atomic mass is 16.5. The Bertz CT molecular complexity index is 590. The van der Waals surface area contributed by atoms with Gasteiger partial charge in [-0.25, -0.2) is 0 Å². The molecule has 2 aromatic carbocycles. The van der Waals surface area contributed by atoms with Gasteiger partial charge in [-0.05, 0) is 0 Å². The van der Waals surface area contributed by atoms with E-state index in [1.54, 1.807) is 54.6 Å². The molecule has 0 spiro atoms. The minimum Gasteiger partial charge on any atom is -0.457 e. The van der Waals surface area contributed by atoms with Crippen LogP contribution in [-0.4, -0.2) is 24.1 Å². The topological polar surface area (TPSA) is 60.4 Å². The zero-order valence-electron chi connectivity index (χ0n) is 12.0. The number of hydrogen-bond donors (Lipinski definition) is 0. The van der Waals surface area contributed by atoms with Crippen LogP contribution in [0.3, 0.4) is 0 Å². The van der Waals surface area contributed by atoms with E-state index in [1.807, 2.05) is 6.07 Å². The third-order valence-corrected chi connectivity index (χ3v) is 3.11. The van der Waals surface area contributed by atoms with Gasteiger partial charge in [0.1, 0.15) is 0 Å². The Morgan fingerprint density at radius 3 is 1.73 bits per heavy atom. The van der Waals surface area contributed by atoms with E-state index in [2.05, 4.69) is 0 Å². The van der Waals surface area contributed by atoms with E-state index in [4.69, 9.17) is 4.74 Å². The van der Waals surface area contributed by atoms with Gasteiger partial charge in [0.15, 0.2) is 18.2 Å². The third kappa shape index (κ3) is 4.66. The van der Waals surface area contributed by atoms with Gasteiger partial charge in [-0.15, -0.1) is 0 Å². The zero-order valence-corrected chi connectivity index (χ0v) is 12.0. The Balaban J connectivity index is 1.74. The quantitative estimate of drug-likeness (QED) is 0.582. The van der Waals surface area contributed by atoms with Gasteiger partial charge in [0.25, 0.3) is 0 Å². The van der Waals surface area contributed by atoms with Gasteiger partial charge in [0.05, 0.1) is 6.42 Å². The van der Waals surface area contributed by atoms with E-state index < -0.39 is 5.97 Å². The SMILES string of the molecule is O=C(CCC(=O)c1ccccc1)OCC(=O)c1ccccc1. The lowest BCUT2D eigenvalue weighted by molar-refractivity contribution is -0.142. The van der Waals surface area contributed by atoms with Crippen molar-refractivity contribution in [1.29, 1.82) is 0 Å². The second-order valence-corrected chi connectivity index (χ2v) is 4.74. The minimum atomic E-state index is -0.548. The Hall–Kier alpha value is -2.75. The maximum Gasteiger partial charge on any atom is 0.306 e. The van der Waals surface area contributed by atoms with Crippen LogP contribution in [0.2, 0.25) is 0 Å². The first kappa shape index (κ1) is 15.6. The summed E-state index contributed by atoms with van der Waals surface area (Å²) in [6.07, 6.45) is 0.0399. The fraction of sp³-hybridized carbons (Fsp3) is 0.167. The number of rotatable bonds is 7. The van der Waals surface area contributed by atoms with Crippen molar-refractivity contribution < 1.29 is 19.1 Å². The largest absolute Gasteiger partial charge is 0.457 e. The molecule has 2 aromatic rings. The summed E-state index contributed by atoms with van der Waals surface area (Å²) in [5.41, 5.74) is 1.06. The van der Waals surface area contributed by atoms with Crippen LogP contribution in [0, 0.1) is 0 Å². The summed E-state index contributed by atoms with van der Waals surface area (Å²) < 4.78 is 4.90. The normalized spacial score (nSPS) is 10.0. The smallest absolute Gasteiger partial charge is 0.306 e. The first-order valence-electron chi connectivity index (χ1n) is 6.99. The average molecular weight is 296 g/mol. The summed E-state index contributed by atoms with van der Waals surface area (Å²) in [5.74, 6) is -0.927. The van der Waals surface area contributed by atoms with Crippen LogP contribution in [0.15, 0.2) is 60.7 Å². The van der Waals surface area contributed by atoms with Crippen molar-refractivity contribution in [2.24, 2.45) is 0 Å². The molecule has 0 unspecified atom stereocenters. The molecule has 2 rings (SSSR count). The Labute approximate surface area is 128 Å². The summed E-state index contributed by atoms with van der Waals surface area (Å²) in [4.78, 5) is 35.2. The van der Waals surface area contributed by atoms with E-state index in [-0.39, 0.29) is 31.0 Å². The van der Waals surface area contributed by atoms with Gasteiger partial charge in [-0.1, -0.05) is 60.7 Å². The van der Waals surface area contributed by atoms with Crippen LogP contribution < -0.4 is 0 Å². The van der Waals surface area contributed by atoms with E-state index in [0.717, 1.165) is 0 Å². The first-order valence-corrected chi connectivity index (χ1v) is 6.99. The molecule has 0 saturated carbocycles. The predicted octanol–water partition coefficient (Wildman–Crippen LogP) is 3.08. The molecule has 4 nitrogen and oxygen atoms in total. The Kier molecular flexibility index (Phi) is 5.60. The van der Waals surface area contributed by atoms with Gasteiger partial charge in [0.2, 0.25) is 0 Å². The number of benzene rings is 2. The summed E-state index contributed by atoms with van der Waals surface area (Å²) in [6, 6.07) is 17.4. The van der Waals surface area contributed by atoms with Gasteiger partial charge in [0, 0.05) is 17.5 Å². The molecule has 0 saturated heterocycles. The molecular weight excluding hydrogens is 280 g/mol. The van der Waals surface area contributed by atoms with Crippen molar-refractivity contribution in [2.75, 3.05) is 6.61 Å². The molecule has 0 aromatic heterocycles. The number of carbonyl (C=O) groups is 3. The molecule has 0 bridgehead atoms. The van der Waals surface area contributed by atoms with Crippen molar-refractivity contribution in [3.8, 4) is 0 Å². The lowest BCUT2D eigenvalue weighted by Crippen LogP contribution is -2.15. The summed E-state index contributed by atoms with van der Waals surface area (Å²) >= 11 is 0. The molecule has 22 heavy (non-hydrogen) atoms. The fourth-order valence-electron chi connectivity index (χ4n) is 1.91. The Morgan fingerprint density at radius 2 is 1.18 bits per heavy atom. The van der Waals surface area contributed by atoms with Crippen LogP contribution in [0.4, 0.5) is 0 Å². The number of ketones is 2. The van der Waals surface area contributed by atoms with E-state index >= 15 is 0 Å². The molecule has 0 aliphatic heterocycles. The van der Waals surface area contributed by atoms with Gasteiger partial charge < -0.3 is 4.74 Å². The molecule has 0 amide bonds. The molecule has 0 atom stereocenters. The van der Waals surface area contributed by atoms with Crippen LogP contribution in [0.5, 0.6) is 0 Å². The number of carbonyl (C=O) groups excluding carboxylic acids is 3. The summed E-state index contributed by atoms with van der Waals surface area (Å²) in [7, 11) is 0. The Morgan fingerprint density at radius 1 is 0.682 bits per heavy atom. The van der Waals surface area contributed by atoms with Crippen molar-refractivity contribution >= 4 is 17.5 Å². The first-order chi connectivity index (χ1) is 10.7. The van der Waals surface area contributed by atoms with Crippen molar-refractivity contribution in [3.63, 3.8) is 0 Å². The number of Topliss-reactive ketones (excluding diaryl/α,β-unsaturated/α-hetero) is 2. The van der Waals surface area contributed by atoms with Crippen LogP contribution >= 0.6 is 0 Å². The highest BCUT2D eigenvalue weighted by molar-refractivity contribution is 5.99. The molecule has 0 fully saturated rings. The second kappa shape index (κ2) is 7.88. The fourth-order valence-corrected chi connectivity index (χ4v) is 1.91. The molecule has 4 heteroatoms. The summed E-state index contributed by atoms with van der Waals surface area (Å²) in [6.45, 7) is -0.303. The maximum absolute atomic E-state index is 11.8. The minimum absolute atomic E-state index is 0.0319. The summed E-state index contributed by atoms with van der Waals surface area (Å²) in [5, 5.41) is 0.